The Bertz CT molecular complexity index is 1310. The molecule has 1 heterocycles. The molecule has 2 aromatic rings. The Morgan fingerprint density at radius 2 is 1.66 bits per heavy atom. The smallest absolute Gasteiger partial charge is 0.225 e. The first-order valence-electron chi connectivity index (χ1n) is 13.8. The van der Waals surface area contributed by atoms with E-state index in [9.17, 15) is 13.2 Å². The van der Waals surface area contributed by atoms with Crippen molar-refractivity contribution in [2.24, 2.45) is 5.92 Å². The van der Waals surface area contributed by atoms with E-state index >= 15 is 0 Å². The Kier molecular flexibility index (Phi) is 11.4. The van der Waals surface area contributed by atoms with Crippen molar-refractivity contribution in [3.05, 3.63) is 95.5 Å². The van der Waals surface area contributed by atoms with Crippen molar-refractivity contribution in [1.82, 2.24) is 14.5 Å². The zero-order valence-corrected chi connectivity index (χ0v) is 25.9. The summed E-state index contributed by atoms with van der Waals surface area (Å²) in [4.78, 5) is 18.2. The van der Waals surface area contributed by atoms with E-state index in [0.29, 0.717) is 5.76 Å². The fourth-order valence-electron chi connectivity index (χ4n) is 6.03. The number of nitrogens with one attached hydrogen (secondary N) is 1. The quantitative estimate of drug-likeness (QED) is 0.389. The molecule has 1 aliphatic heterocycles. The van der Waals surface area contributed by atoms with E-state index in [4.69, 9.17) is 9.47 Å². The lowest BCUT2D eigenvalue weighted by molar-refractivity contribution is -0.133. The summed E-state index contributed by atoms with van der Waals surface area (Å²) < 4.78 is 40.3. The molecule has 1 fully saturated rings. The largest absolute Gasteiger partial charge is 0.495 e. The second-order valence-corrected chi connectivity index (χ2v) is 12.6. The fourth-order valence-corrected chi connectivity index (χ4v) is 7.74. The molecule has 0 spiro atoms. The number of nitrogens with zero attached hydrogens (tertiary/aromatic N) is 2. The van der Waals surface area contributed by atoms with Crippen molar-refractivity contribution in [3.8, 4) is 0 Å². The number of sulfonamides is 1. The monoisotopic (exact) mass is 603 g/mol. The third-order valence-electron chi connectivity index (χ3n) is 8.24. The van der Waals surface area contributed by atoms with E-state index in [-0.39, 0.29) is 43.0 Å². The summed E-state index contributed by atoms with van der Waals surface area (Å²) >= 11 is 0. The van der Waals surface area contributed by atoms with E-state index in [0.717, 1.165) is 43.6 Å². The zero-order chi connectivity index (χ0) is 28.8. The number of carbonyl (C=O) groups excluding carboxylic acids is 1. The molecule has 1 N–H and O–H groups in total. The molecule has 4 rings (SSSR count). The standard InChI is InChI=1S/C31H41N3O5S.ClH/c1-32-40(36,37)31(22-24-13-7-5-8-14-24)26(17-18-28(38-3)30(31)39-4)21-29(35)33(2)27(23-34-19-11-12-20-34)25-15-9-6-10-16-25;/h5-10,13-18,26-27,32H,11-12,19-23H2,1-4H3;1H/t26?,27-,31?;/m1./s1. The van der Waals surface area contributed by atoms with Crippen molar-refractivity contribution in [2.75, 3.05) is 47.9 Å². The molecule has 8 nitrogen and oxygen atoms in total. The van der Waals surface area contributed by atoms with Crippen LogP contribution < -0.4 is 4.72 Å². The van der Waals surface area contributed by atoms with Gasteiger partial charge in [-0.2, -0.15) is 0 Å². The molecule has 0 bridgehead atoms. The van der Waals surface area contributed by atoms with Gasteiger partial charge in [0.1, 0.15) is 0 Å². The van der Waals surface area contributed by atoms with Crippen LogP contribution in [0.15, 0.2) is 84.3 Å². The van der Waals surface area contributed by atoms with E-state index < -0.39 is 20.7 Å². The van der Waals surface area contributed by atoms with Gasteiger partial charge in [-0.25, -0.2) is 13.1 Å². The Morgan fingerprint density at radius 3 is 2.22 bits per heavy atom. The molecule has 10 heteroatoms. The molecule has 224 valence electrons. The van der Waals surface area contributed by atoms with Gasteiger partial charge in [-0.3, -0.25) is 4.79 Å². The highest BCUT2D eigenvalue weighted by atomic mass is 35.5. The van der Waals surface area contributed by atoms with Crippen LogP contribution in [-0.4, -0.2) is 76.8 Å². The number of likely N-dealkylation sites (N-methyl/N-ethyl adjacent to an activating group) is 1. The topological polar surface area (TPSA) is 88.2 Å². The summed E-state index contributed by atoms with van der Waals surface area (Å²) in [6.45, 7) is 2.76. The number of halogens is 1. The van der Waals surface area contributed by atoms with Crippen molar-refractivity contribution in [3.63, 3.8) is 0 Å². The number of hydrogen-bond acceptors (Lipinski definition) is 6. The Morgan fingerprint density at radius 1 is 1.05 bits per heavy atom. The minimum absolute atomic E-state index is 0. The molecule has 0 saturated carbocycles. The number of ether oxygens (including phenoxy) is 2. The average molecular weight is 604 g/mol. The highest BCUT2D eigenvalue weighted by Crippen LogP contribution is 2.45. The lowest BCUT2D eigenvalue weighted by Gasteiger charge is -2.42. The summed E-state index contributed by atoms with van der Waals surface area (Å²) in [7, 11) is 2.11. The predicted octanol–water partition coefficient (Wildman–Crippen LogP) is 4.31. The highest BCUT2D eigenvalue weighted by Gasteiger charge is 2.56. The van der Waals surface area contributed by atoms with Gasteiger partial charge in [0.2, 0.25) is 15.9 Å². The maximum atomic E-state index is 14.1. The van der Waals surface area contributed by atoms with Crippen LogP contribution in [0.3, 0.4) is 0 Å². The normalized spacial score (nSPS) is 21.7. The van der Waals surface area contributed by atoms with Crippen molar-refractivity contribution in [1.29, 1.82) is 0 Å². The second-order valence-electron chi connectivity index (χ2n) is 10.5. The first-order valence-corrected chi connectivity index (χ1v) is 15.3. The van der Waals surface area contributed by atoms with Crippen molar-refractivity contribution >= 4 is 28.3 Å². The number of allylic oxidation sites excluding steroid dienone is 2. The lowest BCUT2D eigenvalue weighted by Crippen LogP contribution is -2.56. The van der Waals surface area contributed by atoms with Crippen LogP contribution >= 0.6 is 12.4 Å². The van der Waals surface area contributed by atoms with Crippen LogP contribution in [0.25, 0.3) is 0 Å². The third-order valence-corrected chi connectivity index (χ3v) is 10.4. The van der Waals surface area contributed by atoms with Crippen LogP contribution in [0.4, 0.5) is 0 Å². The maximum absolute atomic E-state index is 14.1. The minimum atomic E-state index is -4.04. The summed E-state index contributed by atoms with van der Waals surface area (Å²) in [5, 5.41) is 0. The molecule has 41 heavy (non-hydrogen) atoms. The number of amides is 1. The van der Waals surface area contributed by atoms with E-state index in [1.807, 2.05) is 67.7 Å². The van der Waals surface area contributed by atoms with Crippen LogP contribution in [0, 0.1) is 5.92 Å². The van der Waals surface area contributed by atoms with Gasteiger partial charge in [-0.05, 0) is 50.2 Å². The van der Waals surface area contributed by atoms with Crippen LogP contribution in [0.2, 0.25) is 0 Å². The fraction of sp³-hybridized carbons (Fsp3) is 0.452. The van der Waals surface area contributed by atoms with E-state index in [1.165, 1.54) is 21.3 Å². The van der Waals surface area contributed by atoms with Crippen molar-refractivity contribution < 1.29 is 22.7 Å². The van der Waals surface area contributed by atoms with Gasteiger partial charge in [0.05, 0.1) is 20.3 Å². The number of hydrogen-bond donors (Lipinski definition) is 1. The van der Waals surface area contributed by atoms with Gasteiger partial charge in [0, 0.05) is 32.4 Å². The van der Waals surface area contributed by atoms with Crippen LogP contribution in [-0.2, 0) is 30.7 Å². The summed E-state index contributed by atoms with van der Waals surface area (Å²) in [6.07, 6.45) is 5.89. The van der Waals surface area contributed by atoms with Gasteiger partial charge >= 0.3 is 0 Å². The molecule has 1 saturated heterocycles. The Hall–Kier alpha value is -2.85. The molecule has 0 aromatic heterocycles. The Labute approximate surface area is 250 Å². The van der Waals surface area contributed by atoms with Gasteiger partial charge in [-0.15, -0.1) is 12.4 Å². The molecular formula is C31H42ClN3O5S. The second kappa shape index (κ2) is 14.4. The molecular weight excluding hydrogens is 562 g/mol. The lowest BCUT2D eigenvalue weighted by atomic mass is 9.78. The van der Waals surface area contributed by atoms with Crippen LogP contribution in [0.1, 0.15) is 36.4 Å². The zero-order valence-electron chi connectivity index (χ0n) is 24.3. The number of likely N-dealkylation sites (tertiary alicyclic amines) is 1. The van der Waals surface area contributed by atoms with Crippen molar-refractivity contribution in [2.45, 2.75) is 36.5 Å². The highest BCUT2D eigenvalue weighted by molar-refractivity contribution is 7.91. The first kappa shape index (κ1) is 32.7. The molecule has 1 aliphatic carbocycles. The SMILES string of the molecule is CNS(=O)(=O)C1(Cc2ccccc2)C(OC)=C(OC)C=CC1CC(=O)N(C)[C@H](CN1CCCC1)c1ccccc1.Cl. The number of carbonyl (C=O) groups is 1. The third kappa shape index (κ3) is 6.80. The minimum Gasteiger partial charge on any atom is -0.495 e. The maximum Gasteiger partial charge on any atom is 0.225 e. The summed E-state index contributed by atoms with van der Waals surface area (Å²) in [5.41, 5.74) is 1.87. The van der Waals surface area contributed by atoms with Gasteiger partial charge in [-0.1, -0.05) is 66.7 Å². The summed E-state index contributed by atoms with van der Waals surface area (Å²) in [6, 6.07) is 19.3. The van der Waals surface area contributed by atoms with E-state index in [1.54, 1.807) is 17.1 Å². The molecule has 3 atom stereocenters. The number of methoxy groups -OCH3 is 2. The summed E-state index contributed by atoms with van der Waals surface area (Å²) in [5.74, 6) is -0.335. The van der Waals surface area contributed by atoms with Crippen LogP contribution in [0.5, 0.6) is 0 Å². The van der Waals surface area contributed by atoms with Gasteiger partial charge < -0.3 is 19.3 Å². The predicted molar refractivity (Wildman–Crippen MR) is 164 cm³/mol. The molecule has 0 radical (unpaired) electrons. The van der Waals surface area contributed by atoms with Gasteiger partial charge in [0.15, 0.2) is 16.3 Å². The van der Waals surface area contributed by atoms with Gasteiger partial charge in [0.25, 0.3) is 0 Å². The average Bonchev–Trinajstić information content (AvgIpc) is 3.50. The van der Waals surface area contributed by atoms with E-state index in [2.05, 4.69) is 9.62 Å². The molecule has 2 aliphatic rings. The number of rotatable bonds is 12. The Balaban J connectivity index is 0.00000462. The molecule has 2 unspecified atom stereocenters. The first-order chi connectivity index (χ1) is 19.3. The molecule has 2 aromatic carbocycles. The molecule has 1 amide bonds. The number of benzene rings is 2.